The number of hydrogen-bond donors (Lipinski definition) is 1. The third kappa shape index (κ3) is 2.12. The highest BCUT2D eigenvalue weighted by atomic mass is 31.2. The summed E-state index contributed by atoms with van der Waals surface area (Å²) in [4.78, 5) is 0. The Kier molecular flexibility index (Phi) is 3.45. The van der Waals surface area contributed by atoms with E-state index in [4.69, 9.17) is 0 Å². The van der Waals surface area contributed by atoms with Crippen LogP contribution < -0.4 is 15.9 Å². The quantitative estimate of drug-likeness (QED) is 0.697. The lowest BCUT2D eigenvalue weighted by molar-refractivity contribution is 0.583. The lowest BCUT2D eigenvalue weighted by atomic mass is 10.1. The summed E-state index contributed by atoms with van der Waals surface area (Å²) < 4.78 is 13.9. The van der Waals surface area contributed by atoms with Crippen molar-refractivity contribution < 1.29 is 4.57 Å². The van der Waals surface area contributed by atoms with Crippen molar-refractivity contribution in [2.75, 3.05) is 0 Å². The summed E-state index contributed by atoms with van der Waals surface area (Å²) in [7, 11) is -2.87. The van der Waals surface area contributed by atoms with E-state index < -0.39 is 12.7 Å². The average Bonchev–Trinajstić information content (AvgIpc) is 3.32. The summed E-state index contributed by atoms with van der Waals surface area (Å²) in [6, 6.07) is 21.3. The maximum atomic E-state index is 13.9. The fourth-order valence-corrected chi connectivity index (χ4v) is 6.22. The van der Waals surface area contributed by atoms with Gasteiger partial charge in [0.25, 0.3) is 0 Å². The Morgan fingerprint density at radius 2 is 1.57 bits per heavy atom. The molecule has 0 bridgehead atoms. The molecule has 1 saturated heterocycles. The Bertz CT molecular complexity index is 680. The van der Waals surface area contributed by atoms with Gasteiger partial charge in [0.1, 0.15) is 11.3 Å². The molecule has 0 aliphatic carbocycles. The summed E-state index contributed by atoms with van der Waals surface area (Å²) in [5.41, 5.74) is -0.665. The first-order valence-electron chi connectivity index (χ1n) is 7.07. The van der Waals surface area contributed by atoms with Gasteiger partial charge in [0, 0.05) is 10.6 Å². The molecule has 0 aromatic heterocycles. The van der Waals surface area contributed by atoms with Gasteiger partial charge in [-0.1, -0.05) is 67.6 Å². The van der Waals surface area contributed by atoms with E-state index in [0.29, 0.717) is 6.42 Å². The number of nitrogens with zero attached hydrogens (tertiary/aromatic N) is 1. The first-order valence-corrected chi connectivity index (χ1v) is 8.85. The van der Waals surface area contributed by atoms with Gasteiger partial charge in [0.05, 0.1) is 6.07 Å². The fourth-order valence-electron chi connectivity index (χ4n) is 2.82. The molecule has 1 aliphatic heterocycles. The molecule has 0 radical (unpaired) electrons. The van der Waals surface area contributed by atoms with Gasteiger partial charge in [-0.15, -0.1) is 0 Å². The van der Waals surface area contributed by atoms with Crippen molar-refractivity contribution >= 4 is 17.8 Å². The standard InChI is InChI=1S/C17H17N2OP/c1-2-17(13-18)16(19-17)21(20,14-9-5-3-6-10-14)15-11-7-4-8-12-15/h3-12,16,19H,2H2,1H3/t16-,17-/m0/s1. The van der Waals surface area contributed by atoms with Gasteiger partial charge in [-0.3, -0.25) is 5.32 Å². The minimum Gasteiger partial charge on any atom is -0.312 e. The van der Waals surface area contributed by atoms with E-state index in [2.05, 4.69) is 11.4 Å². The SMILES string of the molecule is CC[C@@]1(C#N)N[C@H]1P(=O)(c1ccccc1)c1ccccc1. The third-order valence-electron chi connectivity index (χ3n) is 4.18. The molecule has 0 spiro atoms. The van der Waals surface area contributed by atoms with E-state index >= 15 is 0 Å². The van der Waals surface area contributed by atoms with Crippen LogP contribution in [0.3, 0.4) is 0 Å². The second-order valence-electron chi connectivity index (χ2n) is 5.31. The van der Waals surface area contributed by atoms with Gasteiger partial charge < -0.3 is 4.57 Å². The molecule has 1 fully saturated rings. The highest BCUT2D eigenvalue weighted by Crippen LogP contribution is 2.58. The Labute approximate surface area is 125 Å². The highest BCUT2D eigenvalue weighted by molar-refractivity contribution is 7.79. The predicted molar refractivity (Wildman–Crippen MR) is 85.3 cm³/mol. The van der Waals surface area contributed by atoms with E-state index in [-0.39, 0.29) is 5.78 Å². The summed E-state index contributed by atoms with van der Waals surface area (Å²) in [6.07, 6.45) is 0.651. The Hall–Kier alpha value is -1.88. The lowest BCUT2D eigenvalue weighted by Crippen LogP contribution is -2.24. The van der Waals surface area contributed by atoms with Crippen LogP contribution in [0, 0.1) is 11.3 Å². The summed E-state index contributed by atoms with van der Waals surface area (Å²) in [5.74, 6) is -0.301. The van der Waals surface area contributed by atoms with Gasteiger partial charge in [-0.2, -0.15) is 5.26 Å². The van der Waals surface area contributed by atoms with Crippen molar-refractivity contribution in [1.82, 2.24) is 5.32 Å². The molecule has 4 heteroatoms. The topological polar surface area (TPSA) is 62.8 Å². The van der Waals surface area contributed by atoms with Crippen molar-refractivity contribution in [2.24, 2.45) is 0 Å². The van der Waals surface area contributed by atoms with Crippen LogP contribution in [0.25, 0.3) is 0 Å². The largest absolute Gasteiger partial charge is 0.312 e. The van der Waals surface area contributed by atoms with E-state index in [1.165, 1.54) is 0 Å². The molecule has 0 amide bonds. The molecular formula is C17H17N2OP. The molecule has 2 atom stereocenters. The number of hydrogen-bond acceptors (Lipinski definition) is 3. The van der Waals surface area contributed by atoms with Crippen LogP contribution in [-0.2, 0) is 4.57 Å². The van der Waals surface area contributed by atoms with Crippen LogP contribution in [0.2, 0.25) is 0 Å². The molecule has 0 saturated carbocycles. The average molecular weight is 296 g/mol. The normalized spacial score (nSPS) is 24.3. The molecule has 1 N–H and O–H groups in total. The van der Waals surface area contributed by atoms with Crippen molar-refractivity contribution in [3.05, 3.63) is 60.7 Å². The number of benzene rings is 2. The molecule has 21 heavy (non-hydrogen) atoms. The molecule has 1 aliphatic rings. The Balaban J connectivity index is 2.15. The molecule has 3 nitrogen and oxygen atoms in total. The minimum atomic E-state index is -2.87. The first-order chi connectivity index (χ1) is 10.2. The Morgan fingerprint density at radius 1 is 1.10 bits per heavy atom. The summed E-state index contributed by atoms with van der Waals surface area (Å²) in [6.45, 7) is 1.95. The van der Waals surface area contributed by atoms with Crippen LogP contribution in [0.5, 0.6) is 0 Å². The third-order valence-corrected chi connectivity index (χ3v) is 7.61. The zero-order chi connectivity index (χ0) is 14.9. The smallest absolute Gasteiger partial charge is 0.162 e. The summed E-state index contributed by atoms with van der Waals surface area (Å²) >= 11 is 0. The van der Waals surface area contributed by atoms with Crippen molar-refractivity contribution in [1.29, 1.82) is 5.26 Å². The van der Waals surface area contributed by atoms with Gasteiger partial charge in [-0.25, -0.2) is 0 Å². The first kappa shape index (κ1) is 14.1. The number of rotatable bonds is 4. The molecule has 0 unspecified atom stereocenters. The van der Waals surface area contributed by atoms with Crippen LogP contribution in [0.15, 0.2) is 60.7 Å². The molecule has 2 aromatic rings. The Morgan fingerprint density at radius 3 is 1.90 bits per heavy atom. The van der Waals surface area contributed by atoms with Crippen LogP contribution in [0.1, 0.15) is 13.3 Å². The van der Waals surface area contributed by atoms with E-state index in [9.17, 15) is 9.83 Å². The molecular weight excluding hydrogens is 279 g/mol. The van der Waals surface area contributed by atoms with Gasteiger partial charge in [0.2, 0.25) is 0 Å². The number of nitrogens with one attached hydrogen (secondary N) is 1. The van der Waals surface area contributed by atoms with Crippen molar-refractivity contribution in [3.8, 4) is 6.07 Å². The fraction of sp³-hybridized carbons (Fsp3) is 0.235. The minimum absolute atomic E-state index is 0.301. The van der Waals surface area contributed by atoms with Crippen molar-refractivity contribution in [3.63, 3.8) is 0 Å². The maximum absolute atomic E-state index is 13.9. The van der Waals surface area contributed by atoms with Gasteiger partial charge in [0.15, 0.2) is 7.14 Å². The lowest BCUT2D eigenvalue weighted by Gasteiger charge is -2.19. The van der Waals surface area contributed by atoms with Gasteiger partial charge >= 0.3 is 0 Å². The number of nitriles is 1. The molecule has 106 valence electrons. The predicted octanol–water partition coefficient (Wildman–Crippen LogP) is 2.60. The second-order valence-corrected chi connectivity index (χ2v) is 8.18. The molecule has 2 aromatic carbocycles. The highest BCUT2D eigenvalue weighted by Gasteiger charge is 2.62. The van der Waals surface area contributed by atoms with Gasteiger partial charge in [-0.05, 0) is 6.42 Å². The van der Waals surface area contributed by atoms with Crippen LogP contribution >= 0.6 is 7.14 Å². The maximum Gasteiger partial charge on any atom is 0.162 e. The monoisotopic (exact) mass is 296 g/mol. The summed E-state index contributed by atoms with van der Waals surface area (Å²) in [5, 5.41) is 14.3. The molecule has 3 rings (SSSR count). The molecule has 1 heterocycles. The van der Waals surface area contributed by atoms with E-state index in [1.807, 2.05) is 67.6 Å². The zero-order valence-electron chi connectivity index (χ0n) is 11.9. The van der Waals surface area contributed by atoms with Crippen molar-refractivity contribution in [2.45, 2.75) is 24.7 Å². The second kappa shape index (κ2) is 5.15. The van der Waals surface area contributed by atoms with Crippen LogP contribution in [0.4, 0.5) is 0 Å². The van der Waals surface area contributed by atoms with E-state index in [0.717, 1.165) is 10.6 Å². The van der Waals surface area contributed by atoms with E-state index in [1.54, 1.807) is 0 Å². The zero-order valence-corrected chi connectivity index (χ0v) is 12.8. The van der Waals surface area contributed by atoms with Crippen LogP contribution in [-0.4, -0.2) is 11.3 Å².